The minimum atomic E-state index is 0.213. The zero-order valence-corrected chi connectivity index (χ0v) is 8.77. The fraction of sp³-hybridized carbons (Fsp3) is 0.273. The van der Waals surface area contributed by atoms with Crippen LogP contribution in [0.2, 0.25) is 0 Å². The molecule has 0 atom stereocenters. The van der Waals surface area contributed by atoms with Crippen LogP contribution in [0.25, 0.3) is 11.3 Å². The lowest BCUT2D eigenvalue weighted by Gasteiger charge is -2.02. The van der Waals surface area contributed by atoms with E-state index in [0.29, 0.717) is 0 Å². The zero-order valence-electron chi connectivity index (χ0n) is 8.77. The van der Waals surface area contributed by atoms with Crippen molar-refractivity contribution >= 4 is 6.01 Å². The molecule has 4 nitrogen and oxygen atoms in total. The maximum Gasteiger partial charge on any atom is 0.292 e. The molecule has 2 heterocycles. The number of hydrogen-bond donors (Lipinski definition) is 1. The maximum absolute atomic E-state index is 5.56. The predicted octanol–water partition coefficient (Wildman–Crippen LogP) is 2.44. The van der Waals surface area contributed by atoms with E-state index in [4.69, 9.17) is 10.2 Å². The summed E-state index contributed by atoms with van der Waals surface area (Å²) >= 11 is 0. The quantitative estimate of drug-likeness (QED) is 0.814. The largest absolute Gasteiger partial charge is 0.423 e. The van der Waals surface area contributed by atoms with Crippen LogP contribution in [0.3, 0.4) is 0 Å². The number of pyridine rings is 1. The summed E-state index contributed by atoms with van der Waals surface area (Å²) in [5.41, 5.74) is 7.41. The molecule has 0 aliphatic carbocycles. The monoisotopic (exact) mass is 203 g/mol. The van der Waals surface area contributed by atoms with Crippen LogP contribution in [0.15, 0.2) is 28.9 Å². The number of nitrogens with zero attached hydrogens (tertiary/aromatic N) is 2. The molecule has 2 aromatic rings. The van der Waals surface area contributed by atoms with E-state index in [9.17, 15) is 0 Å². The average Bonchev–Trinajstić information content (AvgIpc) is 2.62. The second-order valence-corrected chi connectivity index (χ2v) is 3.66. The smallest absolute Gasteiger partial charge is 0.292 e. The van der Waals surface area contributed by atoms with Gasteiger partial charge in [-0.05, 0) is 18.1 Å². The third-order valence-electron chi connectivity index (χ3n) is 2.16. The van der Waals surface area contributed by atoms with Gasteiger partial charge in [-0.25, -0.2) is 0 Å². The van der Waals surface area contributed by atoms with Gasteiger partial charge in [0.2, 0.25) is 0 Å². The number of hydrogen-bond acceptors (Lipinski definition) is 4. The Morgan fingerprint density at radius 2 is 1.93 bits per heavy atom. The summed E-state index contributed by atoms with van der Waals surface area (Å²) in [6.45, 7) is 4.12. The number of oxazole rings is 1. The Kier molecular flexibility index (Phi) is 2.41. The van der Waals surface area contributed by atoms with Crippen molar-refractivity contribution in [1.82, 2.24) is 9.97 Å². The summed E-state index contributed by atoms with van der Waals surface area (Å²) in [5.74, 6) is 1.03. The van der Waals surface area contributed by atoms with Crippen LogP contribution in [-0.4, -0.2) is 9.97 Å². The molecule has 2 rings (SSSR count). The highest BCUT2D eigenvalue weighted by Crippen LogP contribution is 2.30. The Bertz CT molecular complexity index is 448. The first-order valence-electron chi connectivity index (χ1n) is 4.85. The van der Waals surface area contributed by atoms with E-state index in [2.05, 4.69) is 23.8 Å². The fourth-order valence-corrected chi connectivity index (χ4v) is 1.45. The summed E-state index contributed by atoms with van der Waals surface area (Å²) in [6.07, 6.45) is 3.44. The Balaban J connectivity index is 2.53. The van der Waals surface area contributed by atoms with Crippen molar-refractivity contribution in [2.45, 2.75) is 19.8 Å². The van der Waals surface area contributed by atoms with E-state index in [1.165, 1.54) is 0 Å². The Morgan fingerprint density at radius 3 is 2.53 bits per heavy atom. The summed E-state index contributed by atoms with van der Waals surface area (Å²) < 4.78 is 5.40. The third kappa shape index (κ3) is 1.83. The Morgan fingerprint density at radius 1 is 1.27 bits per heavy atom. The van der Waals surface area contributed by atoms with Gasteiger partial charge >= 0.3 is 0 Å². The van der Waals surface area contributed by atoms with Gasteiger partial charge in [-0.1, -0.05) is 13.8 Å². The van der Waals surface area contributed by atoms with Crippen LogP contribution >= 0.6 is 0 Å². The molecule has 0 amide bonds. The van der Waals surface area contributed by atoms with Crippen molar-refractivity contribution in [2.24, 2.45) is 0 Å². The van der Waals surface area contributed by atoms with Crippen molar-refractivity contribution in [3.05, 3.63) is 30.2 Å². The molecule has 0 aliphatic rings. The second kappa shape index (κ2) is 3.73. The van der Waals surface area contributed by atoms with Gasteiger partial charge in [0.25, 0.3) is 6.01 Å². The molecule has 4 heteroatoms. The highest BCUT2D eigenvalue weighted by Gasteiger charge is 2.15. The SMILES string of the molecule is CC(C)c1nc(N)oc1-c1ccncc1. The molecule has 0 fully saturated rings. The van der Waals surface area contributed by atoms with E-state index in [1.807, 2.05) is 12.1 Å². The standard InChI is InChI=1S/C11H13N3O/c1-7(2)9-10(15-11(12)14-9)8-3-5-13-6-4-8/h3-7H,1-2H3,(H2,12,14). The lowest BCUT2D eigenvalue weighted by atomic mass is 10.1. The molecule has 0 spiro atoms. The van der Waals surface area contributed by atoms with Crippen LogP contribution < -0.4 is 5.73 Å². The van der Waals surface area contributed by atoms with Gasteiger partial charge < -0.3 is 10.2 Å². The summed E-state index contributed by atoms with van der Waals surface area (Å²) in [5, 5.41) is 0. The molecule has 0 radical (unpaired) electrons. The second-order valence-electron chi connectivity index (χ2n) is 3.66. The number of aromatic nitrogens is 2. The van der Waals surface area contributed by atoms with Crippen LogP contribution in [0.4, 0.5) is 6.01 Å². The Hall–Kier alpha value is -1.84. The first-order valence-corrected chi connectivity index (χ1v) is 4.85. The summed E-state index contributed by atoms with van der Waals surface area (Å²) in [6, 6.07) is 3.98. The molecular weight excluding hydrogens is 190 g/mol. The van der Waals surface area contributed by atoms with Gasteiger partial charge in [-0.2, -0.15) is 4.98 Å². The minimum absolute atomic E-state index is 0.213. The van der Waals surface area contributed by atoms with Crippen molar-refractivity contribution in [3.63, 3.8) is 0 Å². The van der Waals surface area contributed by atoms with Gasteiger partial charge in [0.15, 0.2) is 5.76 Å². The van der Waals surface area contributed by atoms with E-state index in [1.54, 1.807) is 12.4 Å². The van der Waals surface area contributed by atoms with E-state index < -0.39 is 0 Å². The van der Waals surface area contributed by atoms with Gasteiger partial charge in [-0.15, -0.1) is 0 Å². The highest BCUT2D eigenvalue weighted by atomic mass is 16.4. The fourth-order valence-electron chi connectivity index (χ4n) is 1.45. The first-order chi connectivity index (χ1) is 7.18. The molecular formula is C11H13N3O. The topological polar surface area (TPSA) is 64.9 Å². The number of nitrogen functional groups attached to an aromatic ring is 1. The molecule has 0 saturated carbocycles. The number of anilines is 1. The van der Waals surface area contributed by atoms with Crippen molar-refractivity contribution in [2.75, 3.05) is 5.73 Å². The predicted molar refractivity (Wildman–Crippen MR) is 58.2 cm³/mol. The molecule has 78 valence electrons. The molecule has 0 aliphatic heterocycles. The van der Waals surface area contributed by atoms with Crippen molar-refractivity contribution in [3.8, 4) is 11.3 Å². The average molecular weight is 203 g/mol. The maximum atomic E-state index is 5.56. The lowest BCUT2D eigenvalue weighted by Crippen LogP contribution is -1.91. The number of nitrogens with two attached hydrogens (primary N) is 1. The molecule has 2 N–H and O–H groups in total. The van der Waals surface area contributed by atoms with E-state index in [-0.39, 0.29) is 11.9 Å². The van der Waals surface area contributed by atoms with Crippen molar-refractivity contribution in [1.29, 1.82) is 0 Å². The Labute approximate surface area is 88.2 Å². The minimum Gasteiger partial charge on any atom is -0.423 e. The van der Waals surface area contributed by atoms with Gasteiger partial charge in [0, 0.05) is 18.0 Å². The first kappa shape index (κ1) is 9.71. The molecule has 0 saturated heterocycles. The number of rotatable bonds is 2. The van der Waals surface area contributed by atoms with Gasteiger partial charge in [-0.3, -0.25) is 4.98 Å². The molecule has 0 unspecified atom stereocenters. The molecule has 15 heavy (non-hydrogen) atoms. The van der Waals surface area contributed by atoms with Crippen LogP contribution in [-0.2, 0) is 0 Å². The van der Waals surface area contributed by atoms with Crippen LogP contribution in [0.1, 0.15) is 25.5 Å². The molecule has 0 aromatic carbocycles. The third-order valence-corrected chi connectivity index (χ3v) is 2.16. The highest BCUT2D eigenvalue weighted by molar-refractivity contribution is 5.60. The van der Waals surface area contributed by atoms with Crippen LogP contribution in [0.5, 0.6) is 0 Å². The van der Waals surface area contributed by atoms with E-state index >= 15 is 0 Å². The summed E-state index contributed by atoms with van der Waals surface area (Å²) in [4.78, 5) is 8.14. The van der Waals surface area contributed by atoms with Gasteiger partial charge in [0.1, 0.15) is 0 Å². The normalized spacial score (nSPS) is 10.9. The summed E-state index contributed by atoms with van der Waals surface area (Å²) in [7, 11) is 0. The molecule has 0 bridgehead atoms. The van der Waals surface area contributed by atoms with Crippen LogP contribution in [0, 0.1) is 0 Å². The zero-order chi connectivity index (χ0) is 10.8. The van der Waals surface area contributed by atoms with Gasteiger partial charge in [0.05, 0.1) is 5.69 Å². The lowest BCUT2D eigenvalue weighted by molar-refractivity contribution is 0.592. The van der Waals surface area contributed by atoms with E-state index in [0.717, 1.165) is 17.0 Å². The molecule has 2 aromatic heterocycles. The van der Waals surface area contributed by atoms with Crippen molar-refractivity contribution < 1.29 is 4.42 Å².